The molecule has 0 saturated carbocycles. The van der Waals surface area contributed by atoms with Crippen LogP contribution in [0, 0.1) is 6.92 Å². The maximum atomic E-state index is 11.6. The second-order valence-corrected chi connectivity index (χ2v) is 5.86. The molecule has 1 N–H and O–H groups in total. The number of ether oxygens (including phenoxy) is 1. The molecule has 104 valence electrons. The lowest BCUT2D eigenvalue weighted by Gasteiger charge is -2.07. The predicted octanol–water partition coefficient (Wildman–Crippen LogP) is 3.35. The number of nitrogens with one attached hydrogen (secondary N) is 1. The van der Waals surface area contributed by atoms with Crippen LogP contribution in [0.3, 0.4) is 0 Å². The normalized spacial score (nSPS) is 10.7. The van der Waals surface area contributed by atoms with Gasteiger partial charge in [0.25, 0.3) is 5.91 Å². The van der Waals surface area contributed by atoms with Crippen molar-refractivity contribution in [2.75, 3.05) is 6.61 Å². The summed E-state index contributed by atoms with van der Waals surface area (Å²) < 4.78 is 6.24. The molecule has 0 spiro atoms. The first-order chi connectivity index (χ1) is 9.65. The summed E-state index contributed by atoms with van der Waals surface area (Å²) in [5, 5.41) is 5.80. The van der Waals surface area contributed by atoms with Gasteiger partial charge in [0.2, 0.25) is 0 Å². The molecule has 0 aliphatic rings. The van der Waals surface area contributed by atoms with E-state index in [1.54, 1.807) is 17.6 Å². The van der Waals surface area contributed by atoms with E-state index in [0.29, 0.717) is 5.75 Å². The van der Waals surface area contributed by atoms with Gasteiger partial charge in [-0.2, -0.15) is 5.10 Å². The highest BCUT2D eigenvalue weighted by molar-refractivity contribution is 9.10. The molecule has 0 aliphatic carbocycles. The number of amides is 1. The van der Waals surface area contributed by atoms with Gasteiger partial charge in [0, 0.05) is 4.88 Å². The third-order valence-electron chi connectivity index (χ3n) is 2.37. The summed E-state index contributed by atoms with van der Waals surface area (Å²) in [5.41, 5.74) is 3.54. The van der Waals surface area contributed by atoms with Crippen molar-refractivity contribution in [3.63, 3.8) is 0 Å². The van der Waals surface area contributed by atoms with E-state index in [4.69, 9.17) is 4.74 Å². The van der Waals surface area contributed by atoms with Crippen molar-refractivity contribution in [2.45, 2.75) is 6.92 Å². The number of thiophene rings is 1. The minimum absolute atomic E-state index is 0.0799. The Morgan fingerprint density at radius 3 is 3.05 bits per heavy atom. The van der Waals surface area contributed by atoms with Crippen molar-refractivity contribution in [1.82, 2.24) is 5.43 Å². The third kappa shape index (κ3) is 4.47. The Labute approximate surface area is 129 Å². The average molecular weight is 353 g/mol. The number of carbonyl (C=O) groups excluding carboxylic acids is 1. The third-order valence-corrected chi connectivity index (χ3v) is 3.80. The van der Waals surface area contributed by atoms with E-state index < -0.39 is 0 Å². The summed E-state index contributed by atoms with van der Waals surface area (Å²) in [6, 6.07) is 9.52. The fourth-order valence-electron chi connectivity index (χ4n) is 1.43. The highest BCUT2D eigenvalue weighted by Gasteiger charge is 2.04. The Kier molecular flexibility index (Phi) is 5.31. The SMILES string of the molecule is Cc1ccc(OCC(=O)N/N=C/c2cccs2)c(Br)c1. The van der Waals surface area contributed by atoms with Gasteiger partial charge >= 0.3 is 0 Å². The molecule has 2 rings (SSSR count). The van der Waals surface area contributed by atoms with Crippen LogP contribution in [0.25, 0.3) is 0 Å². The minimum Gasteiger partial charge on any atom is -0.483 e. The Morgan fingerprint density at radius 2 is 2.35 bits per heavy atom. The second kappa shape index (κ2) is 7.21. The monoisotopic (exact) mass is 352 g/mol. The highest BCUT2D eigenvalue weighted by atomic mass is 79.9. The minimum atomic E-state index is -0.301. The lowest BCUT2D eigenvalue weighted by molar-refractivity contribution is -0.123. The number of hydrazone groups is 1. The summed E-state index contributed by atoms with van der Waals surface area (Å²) in [6.45, 7) is 1.91. The smallest absolute Gasteiger partial charge is 0.277 e. The Morgan fingerprint density at radius 1 is 1.50 bits per heavy atom. The fraction of sp³-hybridized carbons (Fsp3) is 0.143. The largest absolute Gasteiger partial charge is 0.483 e. The number of benzene rings is 1. The number of halogens is 1. The molecule has 0 aliphatic heterocycles. The Hall–Kier alpha value is -1.66. The van der Waals surface area contributed by atoms with E-state index in [1.807, 2.05) is 42.6 Å². The first-order valence-electron chi connectivity index (χ1n) is 5.89. The standard InChI is InChI=1S/C14H13BrN2O2S/c1-10-4-5-13(12(15)7-10)19-9-14(18)17-16-8-11-3-2-6-20-11/h2-8H,9H2,1H3,(H,17,18)/b16-8+. The molecule has 0 atom stereocenters. The number of rotatable bonds is 5. The molecule has 0 unspecified atom stereocenters. The molecule has 0 saturated heterocycles. The van der Waals surface area contributed by atoms with E-state index in [-0.39, 0.29) is 12.5 Å². The Bertz CT molecular complexity index is 612. The molecule has 1 aromatic carbocycles. The lowest BCUT2D eigenvalue weighted by atomic mass is 10.2. The van der Waals surface area contributed by atoms with Crippen molar-refractivity contribution in [2.24, 2.45) is 5.10 Å². The average Bonchev–Trinajstić information content (AvgIpc) is 2.91. The molecule has 0 fully saturated rings. The second-order valence-electron chi connectivity index (χ2n) is 4.03. The zero-order chi connectivity index (χ0) is 14.4. The highest BCUT2D eigenvalue weighted by Crippen LogP contribution is 2.25. The summed E-state index contributed by atoms with van der Waals surface area (Å²) in [4.78, 5) is 12.5. The number of aryl methyl sites for hydroxylation is 1. The van der Waals surface area contributed by atoms with Crippen LogP contribution in [0.1, 0.15) is 10.4 Å². The summed E-state index contributed by atoms with van der Waals surface area (Å²) in [5.74, 6) is 0.332. The first kappa shape index (κ1) is 14.7. The molecule has 1 heterocycles. The van der Waals surface area contributed by atoms with Crippen LogP contribution in [-0.4, -0.2) is 18.7 Å². The summed E-state index contributed by atoms with van der Waals surface area (Å²) in [7, 11) is 0. The maximum absolute atomic E-state index is 11.6. The molecule has 2 aromatic rings. The van der Waals surface area contributed by atoms with Crippen molar-refractivity contribution < 1.29 is 9.53 Å². The van der Waals surface area contributed by atoms with E-state index in [9.17, 15) is 4.79 Å². The molecule has 1 amide bonds. The van der Waals surface area contributed by atoms with Gasteiger partial charge in [0.1, 0.15) is 5.75 Å². The van der Waals surface area contributed by atoms with E-state index in [1.165, 1.54) is 0 Å². The Balaban J connectivity index is 1.80. The van der Waals surface area contributed by atoms with Crippen LogP contribution in [0.15, 0.2) is 45.3 Å². The quantitative estimate of drug-likeness (QED) is 0.662. The molecule has 0 radical (unpaired) electrons. The van der Waals surface area contributed by atoms with Crippen molar-refractivity contribution in [3.05, 3.63) is 50.6 Å². The zero-order valence-corrected chi connectivity index (χ0v) is 13.2. The summed E-state index contributed by atoms with van der Waals surface area (Å²) >= 11 is 4.94. The number of nitrogens with zero attached hydrogens (tertiary/aromatic N) is 1. The summed E-state index contributed by atoms with van der Waals surface area (Å²) in [6.07, 6.45) is 1.60. The van der Waals surface area contributed by atoms with Gasteiger partial charge in [-0.3, -0.25) is 4.79 Å². The van der Waals surface area contributed by atoms with Gasteiger partial charge < -0.3 is 4.74 Å². The van der Waals surface area contributed by atoms with Gasteiger partial charge in [-0.1, -0.05) is 12.1 Å². The molecule has 6 heteroatoms. The zero-order valence-electron chi connectivity index (χ0n) is 10.8. The first-order valence-corrected chi connectivity index (χ1v) is 7.57. The van der Waals surface area contributed by atoms with Crippen LogP contribution in [-0.2, 0) is 4.79 Å². The van der Waals surface area contributed by atoms with Crippen molar-refractivity contribution in [1.29, 1.82) is 0 Å². The molecule has 0 bridgehead atoms. The van der Waals surface area contributed by atoms with Crippen molar-refractivity contribution in [3.8, 4) is 5.75 Å². The lowest BCUT2D eigenvalue weighted by Crippen LogP contribution is -2.24. The molecular weight excluding hydrogens is 340 g/mol. The predicted molar refractivity (Wildman–Crippen MR) is 84.4 cm³/mol. The van der Waals surface area contributed by atoms with Crippen LogP contribution in [0.5, 0.6) is 5.75 Å². The molecule has 20 heavy (non-hydrogen) atoms. The number of carbonyl (C=O) groups is 1. The van der Waals surface area contributed by atoms with Gasteiger partial charge in [-0.15, -0.1) is 11.3 Å². The molecule has 1 aromatic heterocycles. The fourth-order valence-corrected chi connectivity index (χ4v) is 2.62. The van der Waals surface area contributed by atoms with Crippen LogP contribution < -0.4 is 10.2 Å². The van der Waals surface area contributed by atoms with Gasteiger partial charge in [0.05, 0.1) is 10.7 Å². The van der Waals surface area contributed by atoms with Crippen molar-refractivity contribution >= 4 is 39.4 Å². The topological polar surface area (TPSA) is 50.7 Å². The number of hydrogen-bond donors (Lipinski definition) is 1. The molecule has 4 nitrogen and oxygen atoms in total. The molecular formula is C14H13BrN2O2S. The van der Waals surface area contributed by atoms with Gasteiger partial charge in [-0.05, 0) is 52.0 Å². The van der Waals surface area contributed by atoms with E-state index in [2.05, 4.69) is 26.5 Å². The number of hydrogen-bond acceptors (Lipinski definition) is 4. The van der Waals surface area contributed by atoms with Crippen LogP contribution in [0.2, 0.25) is 0 Å². The maximum Gasteiger partial charge on any atom is 0.277 e. The van der Waals surface area contributed by atoms with E-state index >= 15 is 0 Å². The van der Waals surface area contributed by atoms with Gasteiger partial charge in [-0.25, -0.2) is 5.43 Å². The van der Waals surface area contributed by atoms with E-state index in [0.717, 1.165) is 14.9 Å². The van der Waals surface area contributed by atoms with Crippen LogP contribution in [0.4, 0.5) is 0 Å². The van der Waals surface area contributed by atoms with Crippen LogP contribution >= 0.6 is 27.3 Å². The van der Waals surface area contributed by atoms with Gasteiger partial charge in [0.15, 0.2) is 6.61 Å².